The maximum atomic E-state index is 9.87. The van der Waals surface area contributed by atoms with Gasteiger partial charge in [-0.3, -0.25) is 0 Å². The molecule has 2 unspecified atom stereocenters. The summed E-state index contributed by atoms with van der Waals surface area (Å²) in [6.45, 7) is 2.98. The summed E-state index contributed by atoms with van der Waals surface area (Å²) in [6.07, 6.45) is 3.42. The van der Waals surface area contributed by atoms with Gasteiger partial charge >= 0.3 is 0 Å². The molecular weight excluding hydrogens is 262 g/mol. The van der Waals surface area contributed by atoms with E-state index in [9.17, 15) is 5.11 Å². The van der Waals surface area contributed by atoms with Crippen LogP contribution in [0.15, 0.2) is 24.3 Å². The molecule has 0 heterocycles. The Balaban J connectivity index is 1.63. The fourth-order valence-electron chi connectivity index (χ4n) is 2.08. The summed E-state index contributed by atoms with van der Waals surface area (Å²) in [5.74, 6) is 1.52. The standard InChI is InChI=1S/C15H22ClNO2/c1-11(8-12-6-7-12)17-9-13(18)10-19-15-5-3-2-4-14(15)16/h2-5,11-13,17-18H,6-10H2,1H3. The summed E-state index contributed by atoms with van der Waals surface area (Å²) in [5.41, 5.74) is 0. The van der Waals surface area contributed by atoms with Crippen LogP contribution in [-0.4, -0.2) is 30.4 Å². The highest BCUT2D eigenvalue weighted by molar-refractivity contribution is 6.32. The highest BCUT2D eigenvalue weighted by atomic mass is 35.5. The van der Waals surface area contributed by atoms with E-state index < -0.39 is 6.10 Å². The number of aliphatic hydroxyl groups excluding tert-OH is 1. The van der Waals surface area contributed by atoms with E-state index in [0.717, 1.165) is 5.92 Å². The molecule has 1 aliphatic carbocycles. The van der Waals surface area contributed by atoms with Crippen LogP contribution >= 0.6 is 11.6 Å². The lowest BCUT2D eigenvalue weighted by Crippen LogP contribution is -2.36. The maximum Gasteiger partial charge on any atom is 0.138 e. The number of para-hydroxylation sites is 1. The van der Waals surface area contributed by atoms with Crippen molar-refractivity contribution in [3.8, 4) is 5.75 Å². The zero-order valence-electron chi connectivity index (χ0n) is 11.3. The molecule has 3 nitrogen and oxygen atoms in total. The minimum absolute atomic E-state index is 0.257. The Hall–Kier alpha value is -0.770. The second kappa shape index (κ2) is 7.13. The molecule has 0 amide bonds. The van der Waals surface area contributed by atoms with Crippen molar-refractivity contribution < 1.29 is 9.84 Å². The Bertz CT molecular complexity index is 395. The zero-order chi connectivity index (χ0) is 13.7. The SMILES string of the molecule is CC(CC1CC1)NCC(O)COc1ccccc1Cl. The van der Waals surface area contributed by atoms with Crippen LogP contribution in [0, 0.1) is 5.92 Å². The fraction of sp³-hybridized carbons (Fsp3) is 0.600. The lowest BCUT2D eigenvalue weighted by molar-refractivity contribution is 0.103. The van der Waals surface area contributed by atoms with Gasteiger partial charge in [0.15, 0.2) is 0 Å². The third-order valence-corrected chi connectivity index (χ3v) is 3.67. The van der Waals surface area contributed by atoms with E-state index in [1.807, 2.05) is 12.1 Å². The van der Waals surface area contributed by atoms with E-state index in [1.54, 1.807) is 12.1 Å². The van der Waals surface area contributed by atoms with Crippen LogP contribution < -0.4 is 10.1 Å². The summed E-state index contributed by atoms with van der Waals surface area (Å²) < 4.78 is 5.50. The van der Waals surface area contributed by atoms with Gasteiger partial charge in [-0.15, -0.1) is 0 Å². The second-order valence-electron chi connectivity index (χ2n) is 5.38. The molecule has 1 fully saturated rings. The van der Waals surface area contributed by atoms with E-state index in [-0.39, 0.29) is 6.61 Å². The first-order valence-corrected chi connectivity index (χ1v) is 7.31. The number of benzene rings is 1. The molecule has 106 valence electrons. The van der Waals surface area contributed by atoms with E-state index in [2.05, 4.69) is 12.2 Å². The Morgan fingerprint density at radius 3 is 2.84 bits per heavy atom. The van der Waals surface area contributed by atoms with Crippen LogP contribution in [0.4, 0.5) is 0 Å². The van der Waals surface area contributed by atoms with Crippen molar-refractivity contribution in [3.63, 3.8) is 0 Å². The summed E-state index contributed by atoms with van der Waals surface area (Å²) in [4.78, 5) is 0. The van der Waals surface area contributed by atoms with Gasteiger partial charge in [0.1, 0.15) is 18.5 Å². The van der Waals surface area contributed by atoms with Crippen LogP contribution in [0.25, 0.3) is 0 Å². The number of halogens is 1. The van der Waals surface area contributed by atoms with Gasteiger partial charge in [-0.2, -0.15) is 0 Å². The van der Waals surface area contributed by atoms with Gasteiger partial charge in [-0.1, -0.05) is 36.6 Å². The quantitative estimate of drug-likeness (QED) is 0.771. The Morgan fingerprint density at radius 2 is 2.16 bits per heavy atom. The normalized spacial score (nSPS) is 18.1. The summed E-state index contributed by atoms with van der Waals surface area (Å²) >= 11 is 5.98. The maximum absolute atomic E-state index is 9.87. The molecule has 2 rings (SSSR count). The van der Waals surface area contributed by atoms with Crippen molar-refractivity contribution in [2.45, 2.75) is 38.3 Å². The Kier molecular flexibility index (Phi) is 5.49. The third kappa shape index (κ3) is 5.39. The molecule has 0 spiro atoms. The first-order chi connectivity index (χ1) is 9.15. The van der Waals surface area contributed by atoms with E-state index >= 15 is 0 Å². The largest absolute Gasteiger partial charge is 0.489 e. The van der Waals surface area contributed by atoms with Crippen LogP contribution in [0.1, 0.15) is 26.2 Å². The summed E-state index contributed by atoms with van der Waals surface area (Å²) in [7, 11) is 0. The minimum atomic E-state index is -0.516. The molecule has 19 heavy (non-hydrogen) atoms. The lowest BCUT2D eigenvalue weighted by Gasteiger charge is -2.17. The van der Waals surface area contributed by atoms with Crippen molar-refractivity contribution >= 4 is 11.6 Å². The molecule has 0 bridgehead atoms. The second-order valence-corrected chi connectivity index (χ2v) is 5.79. The predicted molar refractivity (Wildman–Crippen MR) is 77.8 cm³/mol. The molecule has 4 heteroatoms. The molecule has 2 atom stereocenters. The number of nitrogens with one attached hydrogen (secondary N) is 1. The topological polar surface area (TPSA) is 41.5 Å². The molecule has 2 N–H and O–H groups in total. The van der Waals surface area contributed by atoms with Gasteiger partial charge in [0.05, 0.1) is 5.02 Å². The molecule has 0 aromatic heterocycles. The monoisotopic (exact) mass is 283 g/mol. The molecule has 0 saturated heterocycles. The van der Waals surface area contributed by atoms with Gasteiger partial charge in [0, 0.05) is 12.6 Å². The predicted octanol–water partition coefficient (Wildman–Crippen LogP) is 2.86. The highest BCUT2D eigenvalue weighted by Crippen LogP contribution is 2.33. The Morgan fingerprint density at radius 1 is 1.42 bits per heavy atom. The van der Waals surface area contributed by atoms with Gasteiger partial charge < -0.3 is 15.2 Å². The van der Waals surface area contributed by atoms with Gasteiger partial charge in [0.25, 0.3) is 0 Å². The molecule has 1 aromatic rings. The molecular formula is C15H22ClNO2. The van der Waals surface area contributed by atoms with Crippen LogP contribution in [0.3, 0.4) is 0 Å². The number of ether oxygens (including phenoxy) is 1. The average Bonchev–Trinajstić information content (AvgIpc) is 3.19. The van der Waals surface area contributed by atoms with Gasteiger partial charge in [-0.25, -0.2) is 0 Å². The molecule has 1 saturated carbocycles. The number of rotatable bonds is 8. The minimum Gasteiger partial charge on any atom is -0.489 e. The summed E-state index contributed by atoms with van der Waals surface area (Å²) in [6, 6.07) is 7.76. The number of aliphatic hydroxyl groups is 1. The van der Waals surface area contributed by atoms with Crippen molar-refractivity contribution in [3.05, 3.63) is 29.3 Å². The van der Waals surface area contributed by atoms with Crippen LogP contribution in [0.5, 0.6) is 5.75 Å². The number of hydrogen-bond donors (Lipinski definition) is 2. The zero-order valence-corrected chi connectivity index (χ0v) is 12.1. The average molecular weight is 284 g/mol. The van der Waals surface area contributed by atoms with Gasteiger partial charge in [-0.05, 0) is 31.4 Å². The lowest BCUT2D eigenvalue weighted by atomic mass is 10.1. The molecule has 1 aromatic carbocycles. The van der Waals surface area contributed by atoms with Crippen molar-refractivity contribution in [1.29, 1.82) is 0 Å². The molecule has 0 aliphatic heterocycles. The van der Waals surface area contributed by atoms with E-state index in [1.165, 1.54) is 19.3 Å². The molecule has 0 radical (unpaired) electrons. The van der Waals surface area contributed by atoms with Gasteiger partial charge in [0.2, 0.25) is 0 Å². The molecule has 1 aliphatic rings. The van der Waals surface area contributed by atoms with Crippen LogP contribution in [0.2, 0.25) is 5.02 Å². The van der Waals surface area contributed by atoms with Crippen molar-refractivity contribution in [2.75, 3.05) is 13.2 Å². The fourth-order valence-corrected chi connectivity index (χ4v) is 2.27. The van der Waals surface area contributed by atoms with Crippen LogP contribution in [-0.2, 0) is 0 Å². The first kappa shape index (κ1) is 14.6. The number of hydrogen-bond acceptors (Lipinski definition) is 3. The van der Waals surface area contributed by atoms with E-state index in [4.69, 9.17) is 16.3 Å². The smallest absolute Gasteiger partial charge is 0.138 e. The van der Waals surface area contributed by atoms with E-state index in [0.29, 0.717) is 23.4 Å². The van der Waals surface area contributed by atoms with Crippen molar-refractivity contribution in [1.82, 2.24) is 5.32 Å². The third-order valence-electron chi connectivity index (χ3n) is 3.35. The first-order valence-electron chi connectivity index (χ1n) is 6.94. The van der Waals surface area contributed by atoms with Crippen molar-refractivity contribution in [2.24, 2.45) is 5.92 Å². The summed E-state index contributed by atoms with van der Waals surface area (Å²) in [5, 5.41) is 13.8. The highest BCUT2D eigenvalue weighted by Gasteiger charge is 2.23. The Labute approximate surface area is 119 Å².